The van der Waals surface area contributed by atoms with Gasteiger partial charge in [-0.15, -0.1) is 0 Å². The van der Waals surface area contributed by atoms with Crippen LogP contribution >= 0.6 is 0 Å². The van der Waals surface area contributed by atoms with Gasteiger partial charge >= 0.3 is 0 Å². The fraction of sp³-hybridized carbons (Fsp3) is 0.143. The molecule has 0 saturated heterocycles. The van der Waals surface area contributed by atoms with Gasteiger partial charge < -0.3 is 5.73 Å². The first-order chi connectivity index (χ1) is 7.03. The maximum Gasteiger partial charge on any atom is 0.296 e. The molecule has 0 radical (unpaired) electrons. The highest BCUT2D eigenvalue weighted by Crippen LogP contribution is 2.25. The second kappa shape index (κ2) is 3.70. The minimum Gasteiger partial charge on any atom is -0.398 e. The minimum absolute atomic E-state index is 0.0763. The Bertz CT molecular complexity index is 578. The monoisotopic (exact) mass is 267 g/mol. The van der Waals surface area contributed by atoms with Crippen LogP contribution in [-0.4, -0.2) is 25.9 Å². The topological polar surface area (TPSA) is 135 Å². The number of hydrogen-bond donors (Lipinski definition) is 3. The van der Waals surface area contributed by atoms with Gasteiger partial charge in [-0.25, -0.2) is 0 Å². The van der Waals surface area contributed by atoms with Crippen LogP contribution in [0.4, 0.5) is 5.69 Å². The van der Waals surface area contributed by atoms with Gasteiger partial charge in [-0.2, -0.15) is 16.8 Å². The molecule has 0 aliphatic carbocycles. The molecule has 0 bridgehead atoms. The van der Waals surface area contributed by atoms with Crippen molar-refractivity contribution >= 4 is 25.9 Å². The number of anilines is 1. The second-order valence-corrected chi connectivity index (χ2v) is 5.89. The molecule has 90 valence electrons. The van der Waals surface area contributed by atoms with Crippen molar-refractivity contribution in [3.05, 3.63) is 17.7 Å². The summed E-state index contributed by atoms with van der Waals surface area (Å²) in [6.07, 6.45) is 0. The highest BCUT2D eigenvalue weighted by atomic mass is 32.2. The van der Waals surface area contributed by atoms with E-state index in [2.05, 4.69) is 0 Å². The van der Waals surface area contributed by atoms with Gasteiger partial charge in [0, 0.05) is 0 Å². The Hall–Kier alpha value is -1.16. The predicted octanol–water partition coefficient (Wildman–Crippen LogP) is 0.0706. The number of benzene rings is 1. The van der Waals surface area contributed by atoms with Gasteiger partial charge in [0.05, 0.1) is 10.6 Å². The quantitative estimate of drug-likeness (QED) is 0.509. The Morgan fingerprint density at radius 3 is 1.81 bits per heavy atom. The molecule has 16 heavy (non-hydrogen) atoms. The van der Waals surface area contributed by atoms with Crippen LogP contribution in [0.2, 0.25) is 0 Å². The van der Waals surface area contributed by atoms with E-state index in [-0.39, 0.29) is 11.3 Å². The molecule has 0 atom stereocenters. The van der Waals surface area contributed by atoms with Crippen LogP contribution < -0.4 is 5.73 Å². The maximum absolute atomic E-state index is 10.9. The van der Waals surface area contributed by atoms with Gasteiger partial charge in [0.15, 0.2) is 0 Å². The van der Waals surface area contributed by atoms with E-state index in [1.807, 2.05) is 0 Å². The fourth-order valence-corrected chi connectivity index (χ4v) is 2.62. The summed E-state index contributed by atoms with van der Waals surface area (Å²) < 4.78 is 61.0. The van der Waals surface area contributed by atoms with Crippen LogP contribution in [-0.2, 0) is 20.2 Å². The first-order valence-corrected chi connectivity index (χ1v) is 6.76. The van der Waals surface area contributed by atoms with Crippen molar-refractivity contribution in [1.82, 2.24) is 0 Å². The van der Waals surface area contributed by atoms with Crippen molar-refractivity contribution in [1.29, 1.82) is 0 Å². The Morgan fingerprint density at radius 1 is 1.00 bits per heavy atom. The van der Waals surface area contributed by atoms with Crippen LogP contribution in [0.25, 0.3) is 0 Å². The average molecular weight is 267 g/mol. The second-order valence-electron chi connectivity index (χ2n) is 3.11. The van der Waals surface area contributed by atoms with E-state index in [4.69, 9.17) is 14.8 Å². The van der Waals surface area contributed by atoms with Crippen molar-refractivity contribution in [2.75, 3.05) is 5.73 Å². The fourth-order valence-electron chi connectivity index (χ4n) is 1.19. The van der Waals surface area contributed by atoms with Gasteiger partial charge in [-0.05, 0) is 24.6 Å². The van der Waals surface area contributed by atoms with Crippen molar-refractivity contribution in [2.45, 2.75) is 16.7 Å². The molecular formula is C7H9NO6S2. The van der Waals surface area contributed by atoms with E-state index in [0.717, 1.165) is 6.07 Å². The lowest BCUT2D eigenvalue weighted by Gasteiger charge is -2.07. The summed E-state index contributed by atoms with van der Waals surface area (Å²) in [7, 11) is -9.20. The molecule has 0 saturated carbocycles. The summed E-state index contributed by atoms with van der Waals surface area (Å²) in [4.78, 5) is -1.37. The SMILES string of the molecule is Cc1cc(N)c(S(=O)(=O)O)cc1S(=O)(=O)O. The van der Waals surface area contributed by atoms with Gasteiger partial charge in [0.1, 0.15) is 4.90 Å². The number of nitrogen functional groups attached to an aromatic ring is 1. The zero-order chi connectivity index (χ0) is 12.7. The van der Waals surface area contributed by atoms with E-state index < -0.39 is 30.0 Å². The highest BCUT2D eigenvalue weighted by Gasteiger charge is 2.21. The molecule has 0 heterocycles. The maximum atomic E-state index is 10.9. The van der Waals surface area contributed by atoms with Crippen LogP contribution in [0.15, 0.2) is 21.9 Å². The van der Waals surface area contributed by atoms with Crippen LogP contribution in [0.3, 0.4) is 0 Å². The molecule has 4 N–H and O–H groups in total. The van der Waals surface area contributed by atoms with Crippen LogP contribution in [0, 0.1) is 6.92 Å². The predicted molar refractivity (Wildman–Crippen MR) is 55.2 cm³/mol. The van der Waals surface area contributed by atoms with Crippen molar-refractivity contribution < 1.29 is 25.9 Å². The zero-order valence-corrected chi connectivity index (χ0v) is 9.71. The van der Waals surface area contributed by atoms with Crippen LogP contribution in [0.1, 0.15) is 5.56 Å². The number of nitrogens with two attached hydrogens (primary N) is 1. The lowest BCUT2D eigenvalue weighted by molar-refractivity contribution is 0.481. The third-order valence-electron chi connectivity index (χ3n) is 1.86. The van der Waals surface area contributed by atoms with E-state index in [0.29, 0.717) is 6.07 Å². The van der Waals surface area contributed by atoms with E-state index >= 15 is 0 Å². The minimum atomic E-state index is -4.63. The number of aryl methyl sites for hydroxylation is 1. The van der Waals surface area contributed by atoms with Gasteiger partial charge in [0.2, 0.25) is 0 Å². The zero-order valence-electron chi connectivity index (χ0n) is 8.08. The van der Waals surface area contributed by atoms with Crippen molar-refractivity contribution in [2.24, 2.45) is 0 Å². The lowest BCUT2D eigenvalue weighted by atomic mass is 10.2. The standard InChI is InChI=1S/C7H9NO6S2/c1-4-2-5(8)7(16(12,13)14)3-6(4)15(9,10)11/h2-3H,8H2,1H3,(H,9,10,11)(H,12,13,14). The molecule has 7 nitrogen and oxygen atoms in total. The van der Waals surface area contributed by atoms with E-state index in [1.54, 1.807) is 0 Å². The molecular weight excluding hydrogens is 258 g/mol. The Kier molecular flexibility index (Phi) is 2.98. The smallest absolute Gasteiger partial charge is 0.296 e. The Balaban J connectivity index is 3.72. The summed E-state index contributed by atoms with van der Waals surface area (Å²) >= 11 is 0. The molecule has 0 amide bonds. The summed E-state index contributed by atoms with van der Waals surface area (Å²) in [6.45, 7) is 1.33. The normalized spacial score (nSPS) is 12.7. The first-order valence-electron chi connectivity index (χ1n) is 3.88. The average Bonchev–Trinajstić information content (AvgIpc) is 1.97. The summed E-state index contributed by atoms with van der Waals surface area (Å²) in [5.74, 6) is 0. The van der Waals surface area contributed by atoms with E-state index in [9.17, 15) is 16.8 Å². The Morgan fingerprint density at radius 2 is 1.44 bits per heavy atom. The summed E-state index contributed by atoms with van der Waals surface area (Å²) in [6, 6.07) is 1.64. The van der Waals surface area contributed by atoms with Gasteiger partial charge in [-0.1, -0.05) is 0 Å². The van der Waals surface area contributed by atoms with Gasteiger partial charge in [0.25, 0.3) is 20.2 Å². The molecule has 1 aromatic carbocycles. The molecule has 0 fully saturated rings. The van der Waals surface area contributed by atoms with E-state index in [1.165, 1.54) is 6.92 Å². The third kappa shape index (κ3) is 2.50. The van der Waals surface area contributed by atoms with Crippen LogP contribution in [0.5, 0.6) is 0 Å². The summed E-state index contributed by atoms with van der Waals surface area (Å²) in [5, 5.41) is 0. The third-order valence-corrected chi connectivity index (χ3v) is 3.77. The molecule has 0 aliphatic rings. The molecule has 1 rings (SSSR count). The first kappa shape index (κ1) is 12.9. The van der Waals surface area contributed by atoms with Gasteiger partial charge in [-0.3, -0.25) is 9.11 Å². The van der Waals surface area contributed by atoms with Crippen molar-refractivity contribution in [3.63, 3.8) is 0 Å². The molecule has 0 spiro atoms. The molecule has 9 heteroatoms. The number of rotatable bonds is 2. The largest absolute Gasteiger partial charge is 0.398 e. The number of hydrogen-bond acceptors (Lipinski definition) is 5. The summed E-state index contributed by atoms with van der Waals surface area (Å²) in [5.41, 5.74) is 5.08. The molecule has 1 aromatic rings. The Labute approximate surface area is 92.4 Å². The van der Waals surface area contributed by atoms with Crippen molar-refractivity contribution in [3.8, 4) is 0 Å². The molecule has 0 aromatic heterocycles. The highest BCUT2D eigenvalue weighted by molar-refractivity contribution is 7.86. The molecule has 0 unspecified atom stereocenters. The lowest BCUT2D eigenvalue weighted by Crippen LogP contribution is -2.08. The molecule has 0 aliphatic heterocycles.